The van der Waals surface area contributed by atoms with Gasteiger partial charge in [0.25, 0.3) is 0 Å². The van der Waals surface area contributed by atoms with Gasteiger partial charge >= 0.3 is 6.18 Å². The van der Waals surface area contributed by atoms with Crippen LogP contribution in [0.5, 0.6) is 0 Å². The maximum atomic E-state index is 12.7. The van der Waals surface area contributed by atoms with Gasteiger partial charge in [-0.2, -0.15) is 13.2 Å². The molecular formula is C12H10BrF3N2. The number of pyridine rings is 1. The molecule has 18 heavy (non-hydrogen) atoms. The van der Waals surface area contributed by atoms with Crippen LogP contribution in [0.1, 0.15) is 11.3 Å². The highest BCUT2D eigenvalue weighted by molar-refractivity contribution is 9.10. The summed E-state index contributed by atoms with van der Waals surface area (Å²) in [7, 11) is 1.59. The van der Waals surface area contributed by atoms with Crippen molar-refractivity contribution in [3.63, 3.8) is 0 Å². The molecule has 6 heteroatoms. The van der Waals surface area contributed by atoms with E-state index in [4.69, 9.17) is 0 Å². The van der Waals surface area contributed by atoms with Gasteiger partial charge in [0.2, 0.25) is 0 Å². The van der Waals surface area contributed by atoms with Gasteiger partial charge in [-0.25, -0.2) is 4.98 Å². The van der Waals surface area contributed by atoms with E-state index in [0.29, 0.717) is 22.2 Å². The lowest BCUT2D eigenvalue weighted by Crippen LogP contribution is -2.09. The largest absolute Gasteiger partial charge is 0.433 e. The average Bonchev–Trinajstić information content (AvgIpc) is 2.26. The molecule has 2 rings (SSSR count). The second-order valence-corrected chi connectivity index (χ2v) is 4.84. The van der Waals surface area contributed by atoms with Crippen LogP contribution in [0.25, 0.3) is 10.9 Å². The summed E-state index contributed by atoms with van der Waals surface area (Å²) in [6.07, 6.45) is -4.45. The van der Waals surface area contributed by atoms with E-state index in [1.54, 1.807) is 26.1 Å². The highest BCUT2D eigenvalue weighted by Crippen LogP contribution is 2.35. The Morgan fingerprint density at radius 2 is 1.89 bits per heavy atom. The van der Waals surface area contributed by atoms with Crippen molar-refractivity contribution in [2.75, 3.05) is 12.4 Å². The number of rotatable bonds is 1. The predicted octanol–water partition coefficient (Wildman–Crippen LogP) is 4.37. The fraction of sp³-hybridized carbons (Fsp3) is 0.250. The molecule has 0 unspecified atom stereocenters. The van der Waals surface area contributed by atoms with Gasteiger partial charge in [0.1, 0.15) is 5.69 Å². The summed E-state index contributed by atoms with van der Waals surface area (Å²) in [4.78, 5) is 3.71. The summed E-state index contributed by atoms with van der Waals surface area (Å²) in [6, 6.07) is 4.52. The van der Waals surface area contributed by atoms with E-state index in [1.807, 2.05) is 0 Å². The molecule has 0 bridgehead atoms. The molecule has 2 aromatic rings. The smallest absolute Gasteiger partial charge is 0.388 e. The van der Waals surface area contributed by atoms with Crippen molar-refractivity contribution >= 4 is 32.5 Å². The van der Waals surface area contributed by atoms with Crippen LogP contribution in [0.15, 0.2) is 22.7 Å². The van der Waals surface area contributed by atoms with E-state index < -0.39 is 11.9 Å². The molecule has 0 radical (unpaired) electrons. The molecule has 0 saturated carbocycles. The molecule has 0 aliphatic carbocycles. The lowest BCUT2D eigenvalue weighted by molar-refractivity contribution is -0.140. The molecule has 0 saturated heterocycles. The van der Waals surface area contributed by atoms with Gasteiger partial charge in [-0.05, 0) is 30.7 Å². The Morgan fingerprint density at radius 1 is 1.22 bits per heavy atom. The lowest BCUT2D eigenvalue weighted by Gasteiger charge is -2.13. The first kappa shape index (κ1) is 13.1. The van der Waals surface area contributed by atoms with Crippen molar-refractivity contribution < 1.29 is 13.2 Å². The first-order valence-corrected chi connectivity index (χ1v) is 5.98. The Kier molecular flexibility index (Phi) is 3.23. The van der Waals surface area contributed by atoms with Crippen LogP contribution in [0.4, 0.5) is 18.9 Å². The molecule has 0 aliphatic rings. The number of alkyl halides is 3. The zero-order chi connectivity index (χ0) is 13.5. The van der Waals surface area contributed by atoms with Crippen molar-refractivity contribution in [1.29, 1.82) is 0 Å². The minimum atomic E-state index is -4.45. The lowest BCUT2D eigenvalue weighted by atomic mass is 10.1. The summed E-state index contributed by atoms with van der Waals surface area (Å²) in [6.45, 7) is 1.74. The fourth-order valence-corrected chi connectivity index (χ4v) is 2.38. The Hall–Kier alpha value is -1.30. The molecule has 0 atom stereocenters. The van der Waals surface area contributed by atoms with Crippen molar-refractivity contribution in [3.05, 3.63) is 33.9 Å². The first-order valence-electron chi connectivity index (χ1n) is 5.19. The van der Waals surface area contributed by atoms with Crippen LogP contribution in [0.2, 0.25) is 0 Å². The first-order chi connectivity index (χ1) is 8.32. The van der Waals surface area contributed by atoms with Gasteiger partial charge in [-0.3, -0.25) is 0 Å². The maximum Gasteiger partial charge on any atom is 0.433 e. The summed E-state index contributed by atoms with van der Waals surface area (Å²) in [5.41, 5.74) is 0.584. The van der Waals surface area contributed by atoms with Crippen molar-refractivity contribution in [1.82, 2.24) is 4.98 Å². The van der Waals surface area contributed by atoms with Gasteiger partial charge in [-0.1, -0.05) is 15.9 Å². The summed E-state index contributed by atoms with van der Waals surface area (Å²) in [5, 5.41) is 3.44. The third-order valence-corrected chi connectivity index (χ3v) is 3.09. The van der Waals surface area contributed by atoms with Crippen molar-refractivity contribution in [2.45, 2.75) is 13.1 Å². The van der Waals surface area contributed by atoms with E-state index in [2.05, 4.69) is 26.2 Å². The number of aryl methyl sites for hydroxylation is 1. The monoisotopic (exact) mass is 318 g/mol. The van der Waals surface area contributed by atoms with Crippen LogP contribution in [-0.2, 0) is 6.18 Å². The van der Waals surface area contributed by atoms with Gasteiger partial charge < -0.3 is 5.32 Å². The minimum absolute atomic E-state index is 0.359. The van der Waals surface area contributed by atoms with E-state index in [9.17, 15) is 13.2 Å². The van der Waals surface area contributed by atoms with Crippen LogP contribution in [-0.4, -0.2) is 12.0 Å². The summed E-state index contributed by atoms with van der Waals surface area (Å²) >= 11 is 3.33. The number of halogens is 4. The maximum absolute atomic E-state index is 12.7. The second kappa shape index (κ2) is 4.42. The van der Waals surface area contributed by atoms with Gasteiger partial charge in [0.15, 0.2) is 0 Å². The average molecular weight is 319 g/mol. The number of nitrogens with zero attached hydrogens (tertiary/aromatic N) is 1. The van der Waals surface area contributed by atoms with E-state index in [-0.39, 0.29) is 0 Å². The standard InChI is InChI=1S/C12H10BrF3N2/c1-6-3-7(13)4-8-9(17-2)5-10(12(14,15)16)18-11(6)8/h3-5H,1-2H3,(H,17,18). The van der Waals surface area contributed by atoms with E-state index >= 15 is 0 Å². The Balaban J connectivity index is 2.84. The number of benzene rings is 1. The highest BCUT2D eigenvalue weighted by atomic mass is 79.9. The van der Waals surface area contributed by atoms with E-state index in [0.717, 1.165) is 10.5 Å². The summed E-state index contributed by atoms with van der Waals surface area (Å²) < 4.78 is 39.0. The van der Waals surface area contributed by atoms with Crippen LogP contribution in [0, 0.1) is 6.92 Å². The molecule has 0 aliphatic heterocycles. The zero-order valence-electron chi connectivity index (χ0n) is 9.69. The highest BCUT2D eigenvalue weighted by Gasteiger charge is 2.33. The number of anilines is 1. The number of fused-ring (bicyclic) bond motifs is 1. The third-order valence-electron chi connectivity index (χ3n) is 2.63. The second-order valence-electron chi connectivity index (χ2n) is 3.92. The fourth-order valence-electron chi connectivity index (χ4n) is 1.81. The van der Waals surface area contributed by atoms with Gasteiger partial charge in [0.05, 0.1) is 5.52 Å². The molecule has 2 nitrogen and oxygen atoms in total. The number of nitrogens with one attached hydrogen (secondary N) is 1. The molecule has 1 N–H and O–H groups in total. The predicted molar refractivity (Wildman–Crippen MR) is 68.7 cm³/mol. The molecule has 0 amide bonds. The molecular weight excluding hydrogens is 309 g/mol. The third kappa shape index (κ3) is 2.29. The molecule has 0 fully saturated rings. The Morgan fingerprint density at radius 3 is 2.44 bits per heavy atom. The van der Waals surface area contributed by atoms with Gasteiger partial charge in [0, 0.05) is 22.6 Å². The quantitative estimate of drug-likeness (QED) is 0.844. The molecule has 1 aromatic heterocycles. The molecule has 1 aromatic carbocycles. The topological polar surface area (TPSA) is 24.9 Å². The Bertz CT molecular complexity index is 608. The number of hydrogen-bond acceptors (Lipinski definition) is 2. The van der Waals surface area contributed by atoms with Gasteiger partial charge in [-0.15, -0.1) is 0 Å². The number of hydrogen-bond donors (Lipinski definition) is 1. The zero-order valence-corrected chi connectivity index (χ0v) is 11.3. The SMILES string of the molecule is CNc1cc(C(F)(F)F)nc2c(C)cc(Br)cc12. The van der Waals surface area contributed by atoms with Crippen molar-refractivity contribution in [2.24, 2.45) is 0 Å². The molecule has 0 spiro atoms. The number of aromatic nitrogens is 1. The normalized spacial score (nSPS) is 11.9. The summed E-state index contributed by atoms with van der Waals surface area (Å²) in [5.74, 6) is 0. The van der Waals surface area contributed by atoms with Crippen LogP contribution >= 0.6 is 15.9 Å². The molecule has 1 heterocycles. The Labute approximate surface area is 110 Å². The van der Waals surface area contributed by atoms with Crippen LogP contribution in [0.3, 0.4) is 0 Å². The van der Waals surface area contributed by atoms with Crippen molar-refractivity contribution in [3.8, 4) is 0 Å². The minimum Gasteiger partial charge on any atom is -0.388 e. The molecule has 96 valence electrons. The van der Waals surface area contributed by atoms with Crippen LogP contribution < -0.4 is 5.32 Å². The van der Waals surface area contributed by atoms with E-state index in [1.165, 1.54) is 0 Å².